The highest BCUT2D eigenvalue weighted by molar-refractivity contribution is 6.30. The molecule has 3 aromatic rings. The first kappa shape index (κ1) is 19.0. The third-order valence-corrected chi connectivity index (χ3v) is 5.94. The molecular weight excluding hydrogens is 370 g/mol. The van der Waals surface area contributed by atoms with Crippen molar-refractivity contribution in [2.45, 2.75) is 6.04 Å². The van der Waals surface area contributed by atoms with Crippen LogP contribution in [0.3, 0.4) is 0 Å². The molecule has 28 heavy (non-hydrogen) atoms. The second-order valence-electron chi connectivity index (χ2n) is 7.15. The number of nitrogens with zero attached hydrogens (tertiary/aromatic N) is 4. The van der Waals surface area contributed by atoms with Crippen molar-refractivity contribution >= 4 is 17.3 Å². The Kier molecular flexibility index (Phi) is 5.67. The molecule has 2 heterocycles. The minimum absolute atomic E-state index is 0.0223. The Balaban J connectivity index is 1.54. The highest BCUT2D eigenvalue weighted by Gasteiger charge is 2.29. The fraction of sp³-hybridized carbons (Fsp3) is 0.318. The van der Waals surface area contributed by atoms with Gasteiger partial charge in [0.2, 0.25) is 0 Å². The number of imidazole rings is 1. The van der Waals surface area contributed by atoms with E-state index >= 15 is 0 Å². The van der Waals surface area contributed by atoms with Crippen molar-refractivity contribution in [3.05, 3.63) is 71.5 Å². The van der Waals surface area contributed by atoms with Crippen LogP contribution in [0.25, 0.3) is 11.4 Å². The van der Waals surface area contributed by atoms with Gasteiger partial charge in [0.1, 0.15) is 11.0 Å². The van der Waals surface area contributed by atoms with E-state index in [1.54, 1.807) is 0 Å². The van der Waals surface area contributed by atoms with Crippen LogP contribution in [0.2, 0.25) is 5.15 Å². The van der Waals surface area contributed by atoms with Crippen molar-refractivity contribution in [3.8, 4) is 11.4 Å². The van der Waals surface area contributed by atoms with Crippen LogP contribution in [0, 0.1) is 0 Å². The molecule has 0 aliphatic carbocycles. The molecule has 2 aromatic carbocycles. The fourth-order valence-electron chi connectivity index (χ4n) is 3.92. The Morgan fingerprint density at radius 2 is 1.57 bits per heavy atom. The molecular formula is C22H26ClN5. The maximum Gasteiger partial charge on any atom is 0.141 e. The van der Waals surface area contributed by atoms with Crippen molar-refractivity contribution in [1.82, 2.24) is 14.5 Å². The van der Waals surface area contributed by atoms with E-state index < -0.39 is 0 Å². The lowest BCUT2D eigenvalue weighted by atomic mass is 10.1. The quantitative estimate of drug-likeness (QED) is 0.717. The van der Waals surface area contributed by atoms with Gasteiger partial charge < -0.3 is 15.2 Å². The van der Waals surface area contributed by atoms with Gasteiger partial charge in [-0.15, -0.1) is 0 Å². The first-order valence-corrected chi connectivity index (χ1v) is 10.1. The predicted octanol–water partition coefficient (Wildman–Crippen LogP) is 3.56. The van der Waals surface area contributed by atoms with Gasteiger partial charge in [-0.1, -0.05) is 60.1 Å². The predicted molar refractivity (Wildman–Crippen MR) is 116 cm³/mol. The molecule has 1 saturated heterocycles. The van der Waals surface area contributed by atoms with Crippen molar-refractivity contribution in [2.24, 2.45) is 12.8 Å². The zero-order valence-electron chi connectivity index (χ0n) is 16.1. The van der Waals surface area contributed by atoms with E-state index in [4.69, 9.17) is 22.3 Å². The summed E-state index contributed by atoms with van der Waals surface area (Å²) in [6.45, 7) is 4.30. The van der Waals surface area contributed by atoms with E-state index in [-0.39, 0.29) is 6.04 Å². The van der Waals surface area contributed by atoms with Crippen LogP contribution in [-0.2, 0) is 7.05 Å². The molecule has 0 saturated carbocycles. The van der Waals surface area contributed by atoms with Crippen LogP contribution in [0.15, 0.2) is 60.7 Å². The SMILES string of the molecule is Cn1c(-c2ccccc2)nc(C(CN)N2CCN(c3ccccc3)CC2)c1Cl. The first-order valence-electron chi connectivity index (χ1n) is 9.70. The molecule has 2 N–H and O–H groups in total. The summed E-state index contributed by atoms with van der Waals surface area (Å²) in [5.41, 5.74) is 9.39. The van der Waals surface area contributed by atoms with E-state index in [9.17, 15) is 0 Å². The minimum atomic E-state index is 0.0223. The Morgan fingerprint density at radius 1 is 0.964 bits per heavy atom. The second kappa shape index (κ2) is 8.35. The monoisotopic (exact) mass is 395 g/mol. The molecule has 1 atom stereocenters. The molecule has 1 fully saturated rings. The standard InChI is InChI=1S/C22H26ClN5/c1-26-21(23)20(25-22(26)17-8-4-2-5-9-17)19(16-24)28-14-12-27(13-15-28)18-10-6-3-7-11-18/h2-11,19H,12-16,24H2,1H3. The molecule has 1 aromatic heterocycles. The van der Waals surface area contributed by atoms with Gasteiger partial charge in [0.25, 0.3) is 0 Å². The Labute approximate surface area is 171 Å². The van der Waals surface area contributed by atoms with Gasteiger partial charge in [-0.2, -0.15) is 0 Å². The number of rotatable bonds is 5. The van der Waals surface area contributed by atoms with Gasteiger partial charge >= 0.3 is 0 Å². The van der Waals surface area contributed by atoms with Crippen LogP contribution in [0.5, 0.6) is 0 Å². The number of piperazine rings is 1. The first-order chi connectivity index (χ1) is 13.7. The van der Waals surface area contributed by atoms with E-state index in [0.717, 1.165) is 43.3 Å². The molecule has 0 spiro atoms. The van der Waals surface area contributed by atoms with Gasteiger partial charge in [-0.25, -0.2) is 4.98 Å². The summed E-state index contributed by atoms with van der Waals surface area (Å²) < 4.78 is 1.95. The Hall–Kier alpha value is -2.34. The van der Waals surface area contributed by atoms with Gasteiger partial charge in [0.05, 0.1) is 11.7 Å². The van der Waals surface area contributed by atoms with Crippen molar-refractivity contribution < 1.29 is 0 Å². The number of benzene rings is 2. The van der Waals surface area contributed by atoms with E-state index in [0.29, 0.717) is 11.7 Å². The summed E-state index contributed by atoms with van der Waals surface area (Å²) >= 11 is 6.69. The number of hydrogen-bond acceptors (Lipinski definition) is 4. The summed E-state index contributed by atoms with van der Waals surface area (Å²) in [6.07, 6.45) is 0. The molecule has 6 heteroatoms. The van der Waals surface area contributed by atoms with E-state index in [2.05, 4.69) is 52.3 Å². The third-order valence-electron chi connectivity index (χ3n) is 5.50. The molecule has 1 unspecified atom stereocenters. The third kappa shape index (κ3) is 3.65. The molecule has 0 amide bonds. The summed E-state index contributed by atoms with van der Waals surface area (Å²) in [7, 11) is 1.96. The lowest BCUT2D eigenvalue weighted by molar-refractivity contribution is 0.187. The zero-order chi connectivity index (χ0) is 19.5. The number of nitrogens with two attached hydrogens (primary N) is 1. The van der Waals surface area contributed by atoms with Crippen LogP contribution >= 0.6 is 11.6 Å². The second-order valence-corrected chi connectivity index (χ2v) is 7.50. The lowest BCUT2D eigenvalue weighted by Gasteiger charge is -2.39. The van der Waals surface area contributed by atoms with Gasteiger partial charge in [0.15, 0.2) is 0 Å². The lowest BCUT2D eigenvalue weighted by Crippen LogP contribution is -2.49. The van der Waals surface area contributed by atoms with E-state index in [1.807, 2.05) is 29.8 Å². The van der Waals surface area contributed by atoms with Crippen LogP contribution in [-0.4, -0.2) is 47.2 Å². The Morgan fingerprint density at radius 3 is 2.18 bits per heavy atom. The van der Waals surface area contributed by atoms with Crippen molar-refractivity contribution in [3.63, 3.8) is 0 Å². The largest absolute Gasteiger partial charge is 0.369 e. The molecule has 146 valence electrons. The van der Waals surface area contributed by atoms with E-state index in [1.165, 1.54) is 5.69 Å². The number of halogens is 1. The summed E-state index contributed by atoms with van der Waals surface area (Å²) in [5.74, 6) is 0.877. The molecule has 4 rings (SSSR count). The number of anilines is 1. The number of aromatic nitrogens is 2. The zero-order valence-corrected chi connectivity index (χ0v) is 16.9. The summed E-state index contributed by atoms with van der Waals surface area (Å²) in [5, 5.41) is 0.666. The topological polar surface area (TPSA) is 50.3 Å². The molecule has 0 bridgehead atoms. The number of hydrogen-bond donors (Lipinski definition) is 1. The van der Waals surface area contributed by atoms with Crippen LogP contribution in [0.4, 0.5) is 5.69 Å². The highest BCUT2D eigenvalue weighted by Crippen LogP contribution is 2.32. The van der Waals surface area contributed by atoms with Crippen molar-refractivity contribution in [1.29, 1.82) is 0 Å². The van der Waals surface area contributed by atoms with Gasteiger partial charge in [0, 0.05) is 51.0 Å². The highest BCUT2D eigenvalue weighted by atomic mass is 35.5. The minimum Gasteiger partial charge on any atom is -0.369 e. The maximum atomic E-state index is 6.69. The molecule has 1 aliphatic rings. The molecule has 1 aliphatic heterocycles. The molecule has 0 radical (unpaired) electrons. The Bertz CT molecular complexity index is 901. The smallest absolute Gasteiger partial charge is 0.141 e. The fourth-order valence-corrected chi connectivity index (χ4v) is 4.17. The van der Waals surface area contributed by atoms with Crippen LogP contribution < -0.4 is 10.6 Å². The maximum absolute atomic E-state index is 6.69. The molecule has 5 nitrogen and oxygen atoms in total. The number of para-hydroxylation sites is 1. The van der Waals surface area contributed by atoms with Crippen LogP contribution in [0.1, 0.15) is 11.7 Å². The average Bonchev–Trinajstić information content (AvgIpc) is 3.05. The van der Waals surface area contributed by atoms with Crippen molar-refractivity contribution in [2.75, 3.05) is 37.6 Å². The summed E-state index contributed by atoms with van der Waals surface area (Å²) in [6, 6.07) is 20.7. The summed E-state index contributed by atoms with van der Waals surface area (Å²) in [4.78, 5) is 9.72. The normalized spacial score (nSPS) is 16.3. The average molecular weight is 396 g/mol. The van der Waals surface area contributed by atoms with Gasteiger partial charge in [-0.3, -0.25) is 4.90 Å². The van der Waals surface area contributed by atoms with Gasteiger partial charge in [-0.05, 0) is 12.1 Å².